The topological polar surface area (TPSA) is 55.1 Å². The number of carboxylic acid groups (broad SMARTS) is 1. The molecular formula is C14H13ClN2O2. The van der Waals surface area contributed by atoms with Crippen molar-refractivity contribution in [1.82, 2.24) is 9.55 Å². The zero-order valence-electron chi connectivity index (χ0n) is 10.2. The number of halogens is 1. The van der Waals surface area contributed by atoms with Crippen molar-refractivity contribution in [2.75, 3.05) is 0 Å². The zero-order valence-corrected chi connectivity index (χ0v) is 10.9. The minimum atomic E-state index is -0.719. The molecule has 4 nitrogen and oxygen atoms in total. The number of rotatable bonds is 4. The molecule has 1 aromatic carbocycles. The third kappa shape index (κ3) is 2.49. The second kappa shape index (κ2) is 4.70. The van der Waals surface area contributed by atoms with Gasteiger partial charge in [0.05, 0.1) is 12.2 Å². The molecule has 1 aliphatic rings. The summed E-state index contributed by atoms with van der Waals surface area (Å²) in [6.45, 7) is 0.673. The standard InChI is InChI=1S/C14H13ClN2O2/c15-13-5-9(11-6-12(11)14(18)19)1-2-10(13)7-17-4-3-16-8-17/h1-5,8,11-12H,6-7H2,(H,18,19)/t11-,12+/m1/s1. The van der Waals surface area contributed by atoms with Gasteiger partial charge in [-0.15, -0.1) is 0 Å². The number of hydrogen-bond acceptors (Lipinski definition) is 2. The van der Waals surface area contributed by atoms with E-state index in [0.29, 0.717) is 18.0 Å². The van der Waals surface area contributed by atoms with Crippen LogP contribution >= 0.6 is 11.6 Å². The van der Waals surface area contributed by atoms with Gasteiger partial charge in [0.25, 0.3) is 0 Å². The minimum absolute atomic E-state index is 0.122. The fourth-order valence-electron chi connectivity index (χ4n) is 2.34. The Kier molecular flexibility index (Phi) is 3.03. The summed E-state index contributed by atoms with van der Waals surface area (Å²) in [6.07, 6.45) is 6.06. The molecule has 1 fully saturated rings. The maximum Gasteiger partial charge on any atom is 0.307 e. The summed E-state index contributed by atoms with van der Waals surface area (Å²) < 4.78 is 1.94. The number of aliphatic carboxylic acids is 1. The van der Waals surface area contributed by atoms with E-state index in [1.165, 1.54) is 0 Å². The molecule has 0 radical (unpaired) electrons. The van der Waals surface area contributed by atoms with E-state index < -0.39 is 5.97 Å². The van der Waals surface area contributed by atoms with Gasteiger partial charge in [-0.05, 0) is 29.5 Å². The largest absolute Gasteiger partial charge is 0.481 e. The van der Waals surface area contributed by atoms with Crippen molar-refractivity contribution in [2.24, 2.45) is 5.92 Å². The van der Waals surface area contributed by atoms with Crippen LogP contribution in [0.5, 0.6) is 0 Å². The number of hydrogen-bond donors (Lipinski definition) is 1. The van der Waals surface area contributed by atoms with E-state index in [9.17, 15) is 4.79 Å². The normalized spacial score (nSPS) is 21.3. The summed E-state index contributed by atoms with van der Waals surface area (Å²) >= 11 is 6.26. The monoisotopic (exact) mass is 276 g/mol. The molecule has 0 saturated heterocycles. The Morgan fingerprint density at radius 3 is 2.95 bits per heavy atom. The second-order valence-corrected chi connectivity index (χ2v) is 5.28. The van der Waals surface area contributed by atoms with E-state index in [1.54, 1.807) is 12.5 Å². The molecule has 1 N–H and O–H groups in total. The molecule has 2 atom stereocenters. The van der Waals surface area contributed by atoms with Crippen LogP contribution in [0.4, 0.5) is 0 Å². The van der Waals surface area contributed by atoms with Gasteiger partial charge >= 0.3 is 5.97 Å². The minimum Gasteiger partial charge on any atom is -0.481 e. The van der Waals surface area contributed by atoms with Crippen LogP contribution in [-0.2, 0) is 11.3 Å². The maximum absolute atomic E-state index is 10.9. The Balaban J connectivity index is 1.77. The third-order valence-corrected chi connectivity index (χ3v) is 3.88. The van der Waals surface area contributed by atoms with Crippen molar-refractivity contribution < 1.29 is 9.90 Å². The van der Waals surface area contributed by atoms with Crippen molar-refractivity contribution in [3.8, 4) is 0 Å². The van der Waals surface area contributed by atoms with Gasteiger partial charge in [-0.3, -0.25) is 4.79 Å². The smallest absolute Gasteiger partial charge is 0.307 e. The number of carbonyl (C=O) groups is 1. The van der Waals surface area contributed by atoms with Gasteiger partial charge in [-0.1, -0.05) is 23.7 Å². The lowest BCUT2D eigenvalue weighted by Crippen LogP contribution is -2.00. The fraction of sp³-hybridized carbons (Fsp3) is 0.286. The molecule has 0 unspecified atom stereocenters. The average Bonchev–Trinajstić information content (AvgIpc) is 3.03. The Bertz CT molecular complexity index is 610. The highest BCUT2D eigenvalue weighted by atomic mass is 35.5. The summed E-state index contributed by atoms with van der Waals surface area (Å²) in [6, 6.07) is 5.84. The molecule has 3 rings (SSSR count). The predicted molar refractivity (Wildman–Crippen MR) is 71.3 cm³/mol. The van der Waals surface area contributed by atoms with Gasteiger partial charge < -0.3 is 9.67 Å². The van der Waals surface area contributed by atoms with Crippen LogP contribution in [0.15, 0.2) is 36.9 Å². The van der Waals surface area contributed by atoms with Gasteiger partial charge in [0.2, 0.25) is 0 Å². The van der Waals surface area contributed by atoms with Crippen molar-refractivity contribution in [1.29, 1.82) is 0 Å². The SMILES string of the molecule is O=C(O)[C@H]1C[C@@H]1c1ccc(Cn2ccnc2)c(Cl)c1. The van der Waals surface area contributed by atoms with Crippen LogP contribution in [-0.4, -0.2) is 20.6 Å². The molecule has 0 spiro atoms. The highest BCUT2D eigenvalue weighted by Gasteiger charge is 2.44. The van der Waals surface area contributed by atoms with Gasteiger partial charge in [0, 0.05) is 24.0 Å². The number of benzene rings is 1. The highest BCUT2D eigenvalue weighted by molar-refractivity contribution is 6.31. The number of carboxylic acids is 1. The number of nitrogens with zero attached hydrogens (tertiary/aromatic N) is 2. The Labute approximate surface area is 115 Å². The summed E-state index contributed by atoms with van der Waals surface area (Å²) in [4.78, 5) is 14.9. The van der Waals surface area contributed by atoms with E-state index in [2.05, 4.69) is 4.98 Å². The van der Waals surface area contributed by atoms with Gasteiger partial charge in [-0.2, -0.15) is 0 Å². The molecule has 1 aliphatic carbocycles. The van der Waals surface area contributed by atoms with E-state index in [1.807, 2.05) is 29.0 Å². The molecule has 0 aliphatic heterocycles. The molecule has 2 aromatic rings. The molecular weight excluding hydrogens is 264 g/mol. The lowest BCUT2D eigenvalue weighted by atomic mass is 10.1. The predicted octanol–water partition coefficient (Wildman–Crippen LogP) is 2.77. The van der Waals surface area contributed by atoms with Crippen LogP contribution in [0.3, 0.4) is 0 Å². The van der Waals surface area contributed by atoms with Crippen LogP contribution in [0, 0.1) is 5.92 Å². The van der Waals surface area contributed by atoms with E-state index in [4.69, 9.17) is 16.7 Å². The summed E-state index contributed by atoms with van der Waals surface area (Å²) in [5.41, 5.74) is 2.03. The van der Waals surface area contributed by atoms with Crippen molar-refractivity contribution in [3.63, 3.8) is 0 Å². The van der Waals surface area contributed by atoms with Crippen molar-refractivity contribution in [2.45, 2.75) is 18.9 Å². The molecule has 1 heterocycles. The summed E-state index contributed by atoms with van der Waals surface area (Å²) in [5.74, 6) is -0.837. The fourth-order valence-corrected chi connectivity index (χ4v) is 2.58. The molecule has 5 heteroatoms. The van der Waals surface area contributed by atoms with Gasteiger partial charge in [-0.25, -0.2) is 4.98 Å². The van der Waals surface area contributed by atoms with Crippen LogP contribution in [0.1, 0.15) is 23.5 Å². The molecule has 0 bridgehead atoms. The lowest BCUT2D eigenvalue weighted by molar-refractivity contribution is -0.138. The Hall–Kier alpha value is -1.81. The van der Waals surface area contributed by atoms with Crippen LogP contribution < -0.4 is 0 Å². The molecule has 98 valence electrons. The molecule has 1 saturated carbocycles. The highest BCUT2D eigenvalue weighted by Crippen LogP contribution is 2.48. The second-order valence-electron chi connectivity index (χ2n) is 4.87. The first-order valence-electron chi connectivity index (χ1n) is 6.12. The van der Waals surface area contributed by atoms with Crippen LogP contribution in [0.25, 0.3) is 0 Å². The Morgan fingerprint density at radius 2 is 2.37 bits per heavy atom. The zero-order chi connectivity index (χ0) is 13.4. The van der Waals surface area contributed by atoms with Crippen LogP contribution in [0.2, 0.25) is 5.02 Å². The van der Waals surface area contributed by atoms with Crippen molar-refractivity contribution >= 4 is 17.6 Å². The average molecular weight is 277 g/mol. The van der Waals surface area contributed by atoms with Crippen molar-refractivity contribution in [3.05, 3.63) is 53.1 Å². The summed E-state index contributed by atoms with van der Waals surface area (Å²) in [5, 5.41) is 9.62. The number of imidazole rings is 1. The molecule has 19 heavy (non-hydrogen) atoms. The number of aromatic nitrogens is 2. The first-order valence-corrected chi connectivity index (χ1v) is 6.50. The maximum atomic E-state index is 10.9. The lowest BCUT2D eigenvalue weighted by Gasteiger charge is -2.07. The first kappa shape index (κ1) is 12.2. The molecule has 0 amide bonds. The first-order chi connectivity index (χ1) is 9.15. The van der Waals surface area contributed by atoms with E-state index >= 15 is 0 Å². The van der Waals surface area contributed by atoms with Gasteiger partial charge in [0.1, 0.15) is 0 Å². The molecule has 1 aromatic heterocycles. The Morgan fingerprint density at radius 1 is 1.53 bits per heavy atom. The third-order valence-electron chi connectivity index (χ3n) is 3.53. The van der Waals surface area contributed by atoms with Gasteiger partial charge in [0.15, 0.2) is 0 Å². The van der Waals surface area contributed by atoms with E-state index in [0.717, 1.165) is 11.1 Å². The van der Waals surface area contributed by atoms with E-state index in [-0.39, 0.29) is 11.8 Å². The quantitative estimate of drug-likeness (QED) is 0.934. The summed E-state index contributed by atoms with van der Waals surface area (Å²) in [7, 11) is 0.